The molecular weight excluding hydrogens is 316 g/mol. The first-order chi connectivity index (χ1) is 9.61. The van der Waals surface area contributed by atoms with Gasteiger partial charge in [-0.3, -0.25) is 0 Å². The van der Waals surface area contributed by atoms with Gasteiger partial charge in [-0.15, -0.1) is 0 Å². The summed E-state index contributed by atoms with van der Waals surface area (Å²) in [5.74, 6) is 0.851. The Morgan fingerprint density at radius 1 is 1.35 bits per heavy atom. The van der Waals surface area contributed by atoms with Crippen molar-refractivity contribution in [2.45, 2.75) is 32.2 Å². The first kappa shape index (κ1) is 13.7. The molecule has 1 aromatic carbocycles. The molecule has 1 heterocycles. The van der Waals surface area contributed by atoms with E-state index in [0.29, 0.717) is 0 Å². The molecule has 0 radical (unpaired) electrons. The van der Waals surface area contributed by atoms with Crippen LogP contribution in [0.1, 0.15) is 35.8 Å². The van der Waals surface area contributed by atoms with Gasteiger partial charge in [0.1, 0.15) is 5.75 Å². The fourth-order valence-electron chi connectivity index (χ4n) is 3.08. The number of aryl methyl sites for hydroxylation is 1. The molecule has 2 N–H and O–H groups in total. The van der Waals surface area contributed by atoms with Crippen molar-refractivity contribution in [2.24, 2.45) is 5.73 Å². The van der Waals surface area contributed by atoms with Crippen LogP contribution in [-0.2, 0) is 6.42 Å². The summed E-state index contributed by atoms with van der Waals surface area (Å²) < 4.78 is 8.68. The smallest absolute Gasteiger partial charge is 0.135 e. The van der Waals surface area contributed by atoms with Crippen LogP contribution in [0.25, 0.3) is 5.69 Å². The minimum atomic E-state index is 0.177. The largest absolute Gasteiger partial charge is 0.495 e. The van der Waals surface area contributed by atoms with Crippen LogP contribution < -0.4 is 10.5 Å². The number of nitrogens with two attached hydrogens (primary N) is 1. The fraction of sp³-hybridized carbons (Fsp3) is 0.375. The van der Waals surface area contributed by atoms with Crippen molar-refractivity contribution >= 4 is 15.9 Å². The Kier molecular flexibility index (Phi) is 3.61. The van der Waals surface area contributed by atoms with Crippen LogP contribution in [0.5, 0.6) is 5.75 Å². The zero-order valence-corrected chi connectivity index (χ0v) is 13.4. The summed E-state index contributed by atoms with van der Waals surface area (Å²) in [4.78, 5) is 0. The monoisotopic (exact) mass is 334 g/mol. The third-order valence-electron chi connectivity index (χ3n) is 4.04. The molecule has 0 bridgehead atoms. The first-order valence-corrected chi connectivity index (χ1v) is 7.71. The molecule has 0 amide bonds. The van der Waals surface area contributed by atoms with Crippen molar-refractivity contribution in [3.05, 3.63) is 45.7 Å². The highest BCUT2D eigenvalue weighted by molar-refractivity contribution is 9.10. The van der Waals surface area contributed by atoms with Gasteiger partial charge in [-0.25, -0.2) is 0 Å². The summed E-state index contributed by atoms with van der Waals surface area (Å²) in [6.45, 7) is 2.14. The highest BCUT2D eigenvalue weighted by Gasteiger charge is 2.23. The van der Waals surface area contributed by atoms with Gasteiger partial charge in [0.2, 0.25) is 0 Å². The summed E-state index contributed by atoms with van der Waals surface area (Å²) in [5, 5.41) is 0. The summed E-state index contributed by atoms with van der Waals surface area (Å²) in [6.07, 6.45) is 3.33. The molecule has 1 unspecified atom stereocenters. The molecule has 0 saturated heterocycles. The summed E-state index contributed by atoms with van der Waals surface area (Å²) in [5.41, 5.74) is 11.3. The van der Waals surface area contributed by atoms with Gasteiger partial charge in [0.15, 0.2) is 0 Å². The zero-order valence-electron chi connectivity index (χ0n) is 11.8. The van der Waals surface area contributed by atoms with E-state index in [4.69, 9.17) is 10.5 Å². The second-order valence-corrected chi connectivity index (χ2v) is 6.20. The van der Waals surface area contributed by atoms with Crippen molar-refractivity contribution in [3.8, 4) is 11.4 Å². The van der Waals surface area contributed by atoms with Crippen molar-refractivity contribution in [1.82, 2.24) is 4.57 Å². The van der Waals surface area contributed by atoms with Crippen LogP contribution in [0.3, 0.4) is 0 Å². The molecule has 20 heavy (non-hydrogen) atoms. The first-order valence-electron chi connectivity index (χ1n) is 6.92. The van der Waals surface area contributed by atoms with E-state index in [2.05, 4.69) is 45.6 Å². The molecule has 0 spiro atoms. The molecule has 2 aromatic rings. The second-order valence-electron chi connectivity index (χ2n) is 5.34. The Balaban J connectivity index is 2.15. The number of methoxy groups -OCH3 is 1. The maximum atomic E-state index is 6.24. The Morgan fingerprint density at radius 2 is 2.15 bits per heavy atom. The van der Waals surface area contributed by atoms with E-state index in [1.54, 1.807) is 7.11 Å². The molecule has 4 heteroatoms. The van der Waals surface area contributed by atoms with E-state index in [0.717, 1.165) is 35.2 Å². The standard InChI is InChI=1S/C16H19BrN2O/c1-10-8-12-14(18)4-3-5-15(12)19(10)11-6-7-13(17)16(9-11)20-2/h6-9,14H,3-5,18H2,1-2H3. The number of halogens is 1. The molecule has 1 aliphatic carbocycles. The summed E-state index contributed by atoms with van der Waals surface area (Å²) in [7, 11) is 1.69. The molecule has 0 fully saturated rings. The maximum absolute atomic E-state index is 6.24. The number of ether oxygens (including phenoxy) is 1. The third kappa shape index (κ3) is 2.17. The van der Waals surface area contributed by atoms with Gasteiger partial charge in [-0.1, -0.05) is 0 Å². The van der Waals surface area contributed by atoms with Gasteiger partial charge in [-0.05, 0) is 65.9 Å². The highest BCUT2D eigenvalue weighted by Crippen LogP contribution is 2.34. The molecule has 1 atom stereocenters. The average Bonchev–Trinajstić information content (AvgIpc) is 2.77. The molecule has 0 aliphatic heterocycles. The van der Waals surface area contributed by atoms with E-state index >= 15 is 0 Å². The van der Waals surface area contributed by atoms with E-state index in [1.807, 2.05) is 6.07 Å². The van der Waals surface area contributed by atoms with E-state index < -0.39 is 0 Å². The lowest BCUT2D eigenvalue weighted by Gasteiger charge is -2.21. The van der Waals surface area contributed by atoms with Crippen molar-refractivity contribution < 1.29 is 4.74 Å². The highest BCUT2D eigenvalue weighted by atomic mass is 79.9. The van der Waals surface area contributed by atoms with Gasteiger partial charge >= 0.3 is 0 Å². The number of nitrogens with zero attached hydrogens (tertiary/aromatic N) is 1. The van der Waals surface area contributed by atoms with Crippen LogP contribution in [0, 0.1) is 6.92 Å². The lowest BCUT2D eigenvalue weighted by Crippen LogP contribution is -2.17. The van der Waals surface area contributed by atoms with Gasteiger partial charge in [-0.2, -0.15) is 0 Å². The van der Waals surface area contributed by atoms with Crippen LogP contribution in [0.2, 0.25) is 0 Å². The Hall–Kier alpha value is -1.26. The number of hydrogen-bond donors (Lipinski definition) is 1. The van der Waals surface area contributed by atoms with E-state index in [1.165, 1.54) is 17.0 Å². The predicted molar refractivity (Wildman–Crippen MR) is 84.6 cm³/mol. The van der Waals surface area contributed by atoms with E-state index in [9.17, 15) is 0 Å². The molecule has 3 rings (SSSR count). The van der Waals surface area contributed by atoms with Crippen molar-refractivity contribution in [3.63, 3.8) is 0 Å². The van der Waals surface area contributed by atoms with E-state index in [-0.39, 0.29) is 6.04 Å². The van der Waals surface area contributed by atoms with Crippen molar-refractivity contribution in [2.75, 3.05) is 7.11 Å². The lowest BCUT2D eigenvalue weighted by molar-refractivity contribution is 0.412. The van der Waals surface area contributed by atoms with Gasteiger partial charge in [0.25, 0.3) is 0 Å². The molecule has 3 nitrogen and oxygen atoms in total. The molecule has 1 aliphatic rings. The third-order valence-corrected chi connectivity index (χ3v) is 4.70. The number of benzene rings is 1. The predicted octanol–water partition coefficient (Wildman–Crippen LogP) is 3.89. The quantitative estimate of drug-likeness (QED) is 0.904. The fourth-order valence-corrected chi connectivity index (χ4v) is 3.49. The number of aromatic nitrogens is 1. The van der Waals surface area contributed by atoms with Gasteiger partial charge in [0.05, 0.1) is 11.6 Å². The Bertz CT molecular complexity index is 648. The summed E-state index contributed by atoms with van der Waals surface area (Å²) in [6, 6.07) is 8.62. The number of hydrogen-bond acceptors (Lipinski definition) is 2. The van der Waals surface area contributed by atoms with Gasteiger partial charge in [0, 0.05) is 29.2 Å². The molecular formula is C16H19BrN2O. The summed E-state index contributed by atoms with van der Waals surface area (Å²) >= 11 is 3.50. The topological polar surface area (TPSA) is 40.2 Å². The SMILES string of the molecule is COc1cc(-n2c(C)cc3c2CCCC3N)ccc1Br. The minimum Gasteiger partial charge on any atom is -0.495 e. The number of fused-ring (bicyclic) bond motifs is 1. The average molecular weight is 335 g/mol. The Labute approximate surface area is 127 Å². The molecule has 1 aromatic heterocycles. The van der Waals surface area contributed by atoms with Crippen molar-refractivity contribution in [1.29, 1.82) is 0 Å². The van der Waals surface area contributed by atoms with Gasteiger partial charge < -0.3 is 15.0 Å². The molecule has 0 saturated carbocycles. The van der Waals surface area contributed by atoms with Crippen LogP contribution >= 0.6 is 15.9 Å². The van der Waals surface area contributed by atoms with Crippen LogP contribution in [0.4, 0.5) is 0 Å². The van der Waals surface area contributed by atoms with Crippen LogP contribution in [-0.4, -0.2) is 11.7 Å². The van der Waals surface area contributed by atoms with Crippen LogP contribution in [0.15, 0.2) is 28.7 Å². The number of rotatable bonds is 2. The molecule has 106 valence electrons. The second kappa shape index (κ2) is 5.26. The minimum absolute atomic E-state index is 0.177. The lowest BCUT2D eigenvalue weighted by atomic mass is 9.93. The maximum Gasteiger partial charge on any atom is 0.135 e. The Morgan fingerprint density at radius 3 is 2.90 bits per heavy atom. The zero-order chi connectivity index (χ0) is 14.3. The normalized spacial score (nSPS) is 17.9.